The molecule has 1 aliphatic heterocycles. The molecule has 2 unspecified atom stereocenters. The molecule has 0 aliphatic carbocycles. The summed E-state index contributed by atoms with van der Waals surface area (Å²) in [6, 6.07) is 11.8. The Morgan fingerprint density at radius 1 is 1.33 bits per heavy atom. The Kier molecular flexibility index (Phi) is 5.41. The standard InChI is InChI=1S/C20H18FN3O3/c1-13(24(26)20(22)25)5-6-14-3-2-4-16(11-14)18-12-19(27-23-18)15-7-9-17(21)10-8-15/h2-4,7-13,19,23,26H,1H3,(H2,22,25). The predicted octanol–water partition coefficient (Wildman–Crippen LogP) is 2.95. The fourth-order valence-corrected chi connectivity index (χ4v) is 2.52. The molecule has 1 aliphatic rings. The van der Waals surface area contributed by atoms with E-state index >= 15 is 0 Å². The average molecular weight is 367 g/mol. The second-order valence-corrected chi connectivity index (χ2v) is 5.98. The summed E-state index contributed by atoms with van der Waals surface area (Å²) in [6.07, 6.45) is 1.57. The third-order valence-electron chi connectivity index (χ3n) is 4.00. The molecule has 2 atom stereocenters. The van der Waals surface area contributed by atoms with E-state index in [2.05, 4.69) is 17.3 Å². The number of nitrogens with zero attached hydrogens (tertiary/aromatic N) is 1. The summed E-state index contributed by atoms with van der Waals surface area (Å²) in [5, 5.41) is 9.83. The SMILES string of the molecule is CC(C#Cc1cccc(C2=CC(c3ccc(F)cc3)ON2)c1)N(O)C(N)=O. The molecule has 2 aromatic carbocycles. The largest absolute Gasteiger partial charge is 0.350 e. The fourth-order valence-electron chi connectivity index (χ4n) is 2.52. The Bertz CT molecular complexity index is 931. The lowest BCUT2D eigenvalue weighted by Gasteiger charge is -2.14. The van der Waals surface area contributed by atoms with Gasteiger partial charge in [0.15, 0.2) is 0 Å². The molecule has 138 valence electrons. The second-order valence-electron chi connectivity index (χ2n) is 5.98. The molecule has 3 rings (SSSR count). The van der Waals surface area contributed by atoms with Gasteiger partial charge in [-0.2, -0.15) is 5.06 Å². The van der Waals surface area contributed by atoms with Crippen molar-refractivity contribution in [3.8, 4) is 11.8 Å². The normalized spacial score (nSPS) is 16.6. The summed E-state index contributed by atoms with van der Waals surface area (Å²) in [6.45, 7) is 1.56. The molecule has 0 fully saturated rings. The maximum atomic E-state index is 13.1. The number of urea groups is 1. The molecule has 4 N–H and O–H groups in total. The number of halogens is 1. The number of hydroxylamine groups is 3. The van der Waals surface area contributed by atoms with Crippen LogP contribution in [-0.2, 0) is 4.84 Å². The zero-order valence-electron chi connectivity index (χ0n) is 14.5. The molecule has 27 heavy (non-hydrogen) atoms. The van der Waals surface area contributed by atoms with Gasteiger partial charge < -0.3 is 5.73 Å². The summed E-state index contributed by atoms with van der Waals surface area (Å²) in [5.74, 6) is 5.35. The Labute approximate surface area is 156 Å². The lowest BCUT2D eigenvalue weighted by molar-refractivity contribution is -0.0536. The van der Waals surface area contributed by atoms with Crippen LogP contribution in [0.1, 0.15) is 29.7 Å². The van der Waals surface area contributed by atoms with Crippen LogP contribution < -0.4 is 11.2 Å². The molecule has 0 aromatic heterocycles. The maximum Gasteiger partial charge on any atom is 0.339 e. The van der Waals surface area contributed by atoms with Crippen LogP contribution in [0, 0.1) is 17.7 Å². The number of amides is 2. The number of hydrogen-bond acceptors (Lipinski definition) is 4. The summed E-state index contributed by atoms with van der Waals surface area (Å²) < 4.78 is 13.1. The Morgan fingerprint density at radius 2 is 2.07 bits per heavy atom. The van der Waals surface area contributed by atoms with Crippen LogP contribution >= 0.6 is 0 Å². The first-order chi connectivity index (χ1) is 12.9. The lowest BCUT2D eigenvalue weighted by Crippen LogP contribution is -2.38. The first kappa shape index (κ1) is 18.5. The van der Waals surface area contributed by atoms with E-state index in [-0.39, 0.29) is 11.9 Å². The van der Waals surface area contributed by atoms with Crippen LogP contribution in [-0.4, -0.2) is 22.3 Å². The van der Waals surface area contributed by atoms with Crippen LogP contribution in [0.5, 0.6) is 0 Å². The minimum atomic E-state index is -0.963. The van der Waals surface area contributed by atoms with Crippen LogP contribution in [0.15, 0.2) is 54.6 Å². The van der Waals surface area contributed by atoms with E-state index in [0.29, 0.717) is 10.6 Å². The van der Waals surface area contributed by atoms with Gasteiger partial charge >= 0.3 is 6.03 Å². The number of carbonyl (C=O) groups is 1. The zero-order valence-corrected chi connectivity index (χ0v) is 14.5. The number of hydrogen-bond donors (Lipinski definition) is 3. The van der Waals surface area contributed by atoms with Gasteiger partial charge in [0.05, 0.1) is 5.70 Å². The van der Waals surface area contributed by atoms with Gasteiger partial charge in [-0.1, -0.05) is 36.1 Å². The Hall–Kier alpha value is -3.34. The topological polar surface area (TPSA) is 87.8 Å². The predicted molar refractivity (Wildman–Crippen MR) is 97.3 cm³/mol. The Morgan fingerprint density at radius 3 is 2.78 bits per heavy atom. The molecule has 0 bridgehead atoms. The van der Waals surface area contributed by atoms with Crippen LogP contribution in [0.4, 0.5) is 9.18 Å². The van der Waals surface area contributed by atoms with Crippen molar-refractivity contribution in [2.45, 2.75) is 19.1 Å². The van der Waals surface area contributed by atoms with E-state index in [4.69, 9.17) is 10.6 Å². The maximum absolute atomic E-state index is 13.1. The Balaban J connectivity index is 1.77. The van der Waals surface area contributed by atoms with Crippen molar-refractivity contribution in [1.82, 2.24) is 10.5 Å². The van der Waals surface area contributed by atoms with Gasteiger partial charge in [0.2, 0.25) is 0 Å². The number of carbonyl (C=O) groups excluding carboxylic acids is 1. The van der Waals surface area contributed by atoms with E-state index in [1.165, 1.54) is 12.1 Å². The lowest BCUT2D eigenvalue weighted by atomic mass is 10.0. The molecule has 0 radical (unpaired) electrons. The zero-order chi connectivity index (χ0) is 19.4. The highest BCUT2D eigenvalue weighted by atomic mass is 19.1. The van der Waals surface area contributed by atoms with Crippen LogP contribution in [0.25, 0.3) is 5.70 Å². The van der Waals surface area contributed by atoms with Crippen molar-refractivity contribution in [2.75, 3.05) is 0 Å². The van der Waals surface area contributed by atoms with E-state index in [0.717, 1.165) is 16.8 Å². The van der Waals surface area contributed by atoms with Crippen molar-refractivity contribution in [3.63, 3.8) is 0 Å². The van der Waals surface area contributed by atoms with Gasteiger partial charge in [-0.15, -0.1) is 0 Å². The minimum absolute atomic E-state index is 0.299. The fraction of sp³-hybridized carbons (Fsp3) is 0.150. The van der Waals surface area contributed by atoms with Gasteiger partial charge in [-0.25, -0.2) is 9.18 Å². The van der Waals surface area contributed by atoms with Gasteiger partial charge in [-0.05, 0) is 42.8 Å². The first-order valence-corrected chi connectivity index (χ1v) is 8.22. The molecular formula is C20H18FN3O3. The van der Waals surface area contributed by atoms with Gasteiger partial charge in [0.1, 0.15) is 18.0 Å². The number of nitrogens with one attached hydrogen (secondary N) is 1. The molecule has 2 aromatic rings. The van der Waals surface area contributed by atoms with Gasteiger partial charge in [-0.3, -0.25) is 15.5 Å². The number of nitrogens with two attached hydrogens (primary N) is 1. The molecule has 0 saturated carbocycles. The number of primary amides is 1. The van der Waals surface area contributed by atoms with Crippen molar-refractivity contribution >= 4 is 11.7 Å². The van der Waals surface area contributed by atoms with Crippen molar-refractivity contribution in [2.24, 2.45) is 5.73 Å². The molecule has 7 heteroatoms. The van der Waals surface area contributed by atoms with Crippen molar-refractivity contribution < 1.29 is 19.2 Å². The van der Waals surface area contributed by atoms with Crippen LogP contribution in [0.2, 0.25) is 0 Å². The van der Waals surface area contributed by atoms with Crippen LogP contribution in [0.3, 0.4) is 0 Å². The van der Waals surface area contributed by atoms with Crippen molar-refractivity contribution in [3.05, 3.63) is 77.1 Å². The number of rotatable bonds is 3. The summed E-state index contributed by atoms with van der Waals surface area (Å²) in [7, 11) is 0. The monoisotopic (exact) mass is 367 g/mol. The molecular weight excluding hydrogens is 349 g/mol. The highest BCUT2D eigenvalue weighted by Gasteiger charge is 2.19. The molecule has 6 nitrogen and oxygen atoms in total. The summed E-state index contributed by atoms with van der Waals surface area (Å²) in [5.41, 5.74) is 11.0. The molecule has 0 saturated heterocycles. The number of benzene rings is 2. The van der Waals surface area contributed by atoms with E-state index in [9.17, 15) is 14.4 Å². The van der Waals surface area contributed by atoms with E-state index < -0.39 is 12.1 Å². The second kappa shape index (κ2) is 7.91. The smallest absolute Gasteiger partial charge is 0.339 e. The first-order valence-electron chi connectivity index (χ1n) is 8.22. The summed E-state index contributed by atoms with van der Waals surface area (Å²) in [4.78, 5) is 16.5. The molecule has 2 amide bonds. The van der Waals surface area contributed by atoms with E-state index in [1.54, 1.807) is 19.1 Å². The minimum Gasteiger partial charge on any atom is -0.350 e. The highest BCUT2D eigenvalue weighted by Crippen LogP contribution is 2.28. The van der Waals surface area contributed by atoms with E-state index in [1.807, 2.05) is 30.3 Å². The average Bonchev–Trinajstić information content (AvgIpc) is 3.16. The highest BCUT2D eigenvalue weighted by molar-refractivity contribution is 5.71. The molecule has 0 spiro atoms. The third-order valence-corrected chi connectivity index (χ3v) is 4.00. The van der Waals surface area contributed by atoms with Gasteiger partial charge in [0.25, 0.3) is 0 Å². The quantitative estimate of drug-likeness (QED) is 0.442. The van der Waals surface area contributed by atoms with Gasteiger partial charge in [0, 0.05) is 11.1 Å². The summed E-state index contributed by atoms with van der Waals surface area (Å²) >= 11 is 0. The van der Waals surface area contributed by atoms with Crippen molar-refractivity contribution in [1.29, 1.82) is 0 Å². The third kappa shape index (κ3) is 4.44. The molecule has 1 heterocycles.